The number of hydrogen-bond donors (Lipinski definition) is 1. The summed E-state index contributed by atoms with van der Waals surface area (Å²) in [4.78, 5) is 24.4. The Morgan fingerprint density at radius 2 is 1.75 bits per heavy atom. The average Bonchev–Trinajstić information content (AvgIpc) is 2.66. The van der Waals surface area contributed by atoms with Crippen molar-refractivity contribution < 1.29 is 18.0 Å². The smallest absolute Gasteiger partial charge is 0.243 e. The first-order chi connectivity index (χ1) is 13.1. The minimum atomic E-state index is -3.80. The van der Waals surface area contributed by atoms with E-state index in [-0.39, 0.29) is 22.6 Å². The molecule has 2 atom stereocenters. The molecule has 0 aliphatic carbocycles. The third kappa shape index (κ3) is 5.64. The van der Waals surface area contributed by atoms with Crippen LogP contribution in [-0.4, -0.2) is 43.0 Å². The molecule has 1 amide bonds. The summed E-state index contributed by atoms with van der Waals surface area (Å²) in [5, 5.41) is 2.99. The monoisotopic (exact) mass is 408 g/mol. The normalized spacial score (nSPS) is 19.4. The van der Waals surface area contributed by atoms with Crippen molar-refractivity contribution in [3.8, 4) is 0 Å². The molecule has 7 heteroatoms. The Kier molecular flexibility index (Phi) is 7.78. The molecule has 2 rings (SSSR count). The van der Waals surface area contributed by atoms with Crippen LogP contribution in [0.2, 0.25) is 0 Å². The van der Waals surface area contributed by atoms with Crippen molar-refractivity contribution in [2.24, 2.45) is 5.92 Å². The number of hydrogen-bond acceptors (Lipinski definition) is 4. The molecule has 2 unspecified atom stereocenters. The van der Waals surface area contributed by atoms with Crippen molar-refractivity contribution in [2.45, 2.75) is 76.8 Å². The Balaban J connectivity index is 2.16. The van der Waals surface area contributed by atoms with Crippen LogP contribution < -0.4 is 5.32 Å². The second-order valence-corrected chi connectivity index (χ2v) is 9.98. The fraction of sp³-hybridized carbons (Fsp3) is 0.619. The lowest BCUT2D eigenvalue weighted by Gasteiger charge is -2.34. The molecule has 1 aliphatic rings. The molecule has 28 heavy (non-hydrogen) atoms. The van der Waals surface area contributed by atoms with Crippen LogP contribution in [-0.2, 0) is 14.8 Å². The minimum Gasteiger partial charge on any atom is -0.352 e. The van der Waals surface area contributed by atoms with Gasteiger partial charge in [-0.1, -0.05) is 32.4 Å². The first-order valence-corrected chi connectivity index (χ1v) is 11.5. The van der Waals surface area contributed by atoms with Crippen LogP contribution in [0.5, 0.6) is 0 Å². The van der Waals surface area contributed by atoms with Crippen LogP contribution in [0, 0.1) is 5.92 Å². The van der Waals surface area contributed by atoms with Crippen LogP contribution in [0.1, 0.15) is 70.2 Å². The van der Waals surface area contributed by atoms with Crippen molar-refractivity contribution in [2.75, 3.05) is 6.54 Å². The minimum absolute atomic E-state index is 0.0104. The number of carbonyl (C=O) groups is 2. The number of amides is 1. The average molecular weight is 409 g/mol. The van der Waals surface area contributed by atoms with Crippen molar-refractivity contribution in [1.29, 1.82) is 0 Å². The van der Waals surface area contributed by atoms with Gasteiger partial charge in [0, 0.05) is 18.2 Å². The van der Waals surface area contributed by atoms with Gasteiger partial charge in [-0.15, -0.1) is 0 Å². The summed E-state index contributed by atoms with van der Waals surface area (Å²) >= 11 is 0. The second-order valence-electron chi connectivity index (χ2n) is 8.09. The van der Waals surface area contributed by atoms with Gasteiger partial charge in [-0.05, 0) is 57.6 Å². The number of sulfonamides is 1. The molecule has 1 aliphatic heterocycles. The largest absolute Gasteiger partial charge is 0.352 e. The van der Waals surface area contributed by atoms with Gasteiger partial charge < -0.3 is 5.32 Å². The summed E-state index contributed by atoms with van der Waals surface area (Å²) in [7, 11) is -3.80. The van der Waals surface area contributed by atoms with E-state index >= 15 is 0 Å². The Bertz CT molecular complexity index is 787. The molecule has 1 fully saturated rings. The van der Waals surface area contributed by atoms with Crippen LogP contribution in [0.4, 0.5) is 0 Å². The summed E-state index contributed by atoms with van der Waals surface area (Å²) in [5.74, 6) is 0.221. The van der Waals surface area contributed by atoms with Gasteiger partial charge in [-0.3, -0.25) is 9.59 Å². The van der Waals surface area contributed by atoms with Gasteiger partial charge in [-0.25, -0.2) is 8.42 Å². The Morgan fingerprint density at radius 1 is 1.11 bits per heavy atom. The second kappa shape index (κ2) is 9.65. The number of Topliss-reactive ketones (excluding diaryl/α,β-unsaturated/α-hetero) is 1. The third-order valence-corrected chi connectivity index (χ3v) is 7.11. The summed E-state index contributed by atoms with van der Waals surface area (Å²) in [6, 6.07) is 5.25. The van der Waals surface area contributed by atoms with Crippen LogP contribution >= 0.6 is 0 Å². The Hall–Kier alpha value is -1.73. The van der Waals surface area contributed by atoms with Gasteiger partial charge in [-0.2, -0.15) is 4.31 Å². The SMILES string of the molecule is CC(=O)c1ccc(S(=O)(=O)N2CCCCC2C(=O)NC(C)CCC(C)C)cc1. The van der Waals surface area contributed by atoms with E-state index in [4.69, 9.17) is 0 Å². The lowest BCUT2D eigenvalue weighted by Crippen LogP contribution is -2.53. The molecule has 0 bridgehead atoms. The highest BCUT2D eigenvalue weighted by atomic mass is 32.2. The Labute approximate surface area is 168 Å². The van der Waals surface area contributed by atoms with Gasteiger partial charge in [0.2, 0.25) is 15.9 Å². The van der Waals surface area contributed by atoms with E-state index < -0.39 is 16.1 Å². The van der Waals surface area contributed by atoms with Gasteiger partial charge in [0.25, 0.3) is 0 Å². The molecular formula is C21H32N2O4S. The van der Waals surface area contributed by atoms with Crippen LogP contribution in [0.15, 0.2) is 29.2 Å². The van der Waals surface area contributed by atoms with E-state index in [2.05, 4.69) is 19.2 Å². The summed E-state index contributed by atoms with van der Waals surface area (Å²) in [6.07, 6.45) is 3.96. The maximum atomic E-state index is 13.1. The molecule has 1 N–H and O–H groups in total. The zero-order chi connectivity index (χ0) is 20.9. The van der Waals surface area contributed by atoms with Crippen LogP contribution in [0.25, 0.3) is 0 Å². The number of ketones is 1. The fourth-order valence-corrected chi connectivity index (χ4v) is 5.10. The lowest BCUT2D eigenvalue weighted by molar-refractivity contribution is -0.126. The molecule has 0 spiro atoms. The van der Waals surface area contributed by atoms with E-state index in [1.807, 2.05) is 6.92 Å². The maximum absolute atomic E-state index is 13.1. The van der Waals surface area contributed by atoms with E-state index in [1.54, 1.807) is 0 Å². The number of nitrogens with zero attached hydrogens (tertiary/aromatic N) is 1. The molecular weight excluding hydrogens is 376 g/mol. The zero-order valence-corrected chi connectivity index (χ0v) is 18.1. The molecule has 1 heterocycles. The number of benzene rings is 1. The highest BCUT2D eigenvalue weighted by Gasteiger charge is 2.37. The van der Waals surface area contributed by atoms with E-state index in [0.29, 0.717) is 24.4 Å². The highest BCUT2D eigenvalue weighted by Crippen LogP contribution is 2.26. The molecule has 1 aromatic carbocycles. The summed E-state index contributed by atoms with van der Waals surface area (Å²) in [5.41, 5.74) is 0.464. The first kappa shape index (κ1) is 22.6. The van der Waals surface area contributed by atoms with Gasteiger partial charge in [0.05, 0.1) is 4.90 Å². The number of carbonyl (C=O) groups excluding carboxylic acids is 2. The molecule has 1 aromatic rings. The number of rotatable bonds is 8. The molecule has 0 aromatic heterocycles. The zero-order valence-electron chi connectivity index (χ0n) is 17.3. The Morgan fingerprint density at radius 3 is 2.32 bits per heavy atom. The van der Waals surface area contributed by atoms with E-state index in [9.17, 15) is 18.0 Å². The molecule has 6 nitrogen and oxygen atoms in total. The maximum Gasteiger partial charge on any atom is 0.243 e. The number of nitrogens with one attached hydrogen (secondary N) is 1. The van der Waals surface area contributed by atoms with Crippen molar-refractivity contribution >= 4 is 21.7 Å². The van der Waals surface area contributed by atoms with E-state index in [0.717, 1.165) is 25.7 Å². The lowest BCUT2D eigenvalue weighted by atomic mass is 10.0. The summed E-state index contributed by atoms with van der Waals surface area (Å²) in [6.45, 7) is 8.01. The predicted octanol–water partition coefficient (Wildman–Crippen LogP) is 3.37. The molecule has 0 saturated carbocycles. The topological polar surface area (TPSA) is 83.6 Å². The predicted molar refractivity (Wildman–Crippen MR) is 110 cm³/mol. The molecule has 1 saturated heterocycles. The van der Waals surface area contributed by atoms with Gasteiger partial charge in [0.15, 0.2) is 5.78 Å². The highest BCUT2D eigenvalue weighted by molar-refractivity contribution is 7.89. The standard InChI is InChI=1S/C21H32N2O4S/c1-15(2)8-9-16(3)22-21(25)20-7-5-6-14-23(20)28(26,27)19-12-10-18(11-13-19)17(4)24/h10-13,15-16,20H,5-9,14H2,1-4H3,(H,22,25). The van der Waals surface area contributed by atoms with Crippen molar-refractivity contribution in [1.82, 2.24) is 9.62 Å². The number of piperidine rings is 1. The fourth-order valence-electron chi connectivity index (χ4n) is 3.45. The third-order valence-electron chi connectivity index (χ3n) is 5.19. The molecule has 156 valence electrons. The van der Waals surface area contributed by atoms with Crippen LogP contribution in [0.3, 0.4) is 0 Å². The van der Waals surface area contributed by atoms with Crippen molar-refractivity contribution in [3.05, 3.63) is 29.8 Å². The quantitative estimate of drug-likeness (QED) is 0.669. The van der Waals surface area contributed by atoms with Crippen molar-refractivity contribution in [3.63, 3.8) is 0 Å². The summed E-state index contributed by atoms with van der Waals surface area (Å²) < 4.78 is 27.6. The van der Waals surface area contributed by atoms with Gasteiger partial charge in [0.1, 0.15) is 6.04 Å². The first-order valence-electron chi connectivity index (χ1n) is 10.1. The van der Waals surface area contributed by atoms with Gasteiger partial charge >= 0.3 is 0 Å². The van der Waals surface area contributed by atoms with E-state index in [1.165, 1.54) is 35.5 Å². The molecule has 0 radical (unpaired) electrons.